The normalized spacial score (nSPS) is 21.5. The lowest BCUT2D eigenvalue weighted by molar-refractivity contribution is -0.122. The van der Waals surface area contributed by atoms with E-state index in [1.54, 1.807) is 6.07 Å². The van der Waals surface area contributed by atoms with Crippen molar-refractivity contribution in [1.29, 1.82) is 0 Å². The summed E-state index contributed by atoms with van der Waals surface area (Å²) in [6, 6.07) is 4.35. The third-order valence-corrected chi connectivity index (χ3v) is 5.38. The molecule has 1 aromatic rings. The molecule has 0 bridgehead atoms. The minimum Gasteiger partial charge on any atom is -0.324 e. The molecule has 25 heavy (non-hydrogen) atoms. The minimum atomic E-state index is -0.596. The monoisotopic (exact) mass is 426 g/mol. The summed E-state index contributed by atoms with van der Waals surface area (Å²) < 4.78 is 14.3. The van der Waals surface area contributed by atoms with Crippen LogP contribution >= 0.6 is 27.7 Å². The van der Waals surface area contributed by atoms with Crippen LogP contribution in [0.4, 0.5) is 10.1 Å². The second kappa shape index (κ2) is 8.09. The lowest BCUT2D eigenvalue weighted by Crippen LogP contribution is -2.28. The molecule has 1 atom stereocenters. The van der Waals surface area contributed by atoms with Crippen molar-refractivity contribution in [2.45, 2.75) is 37.4 Å². The van der Waals surface area contributed by atoms with E-state index in [9.17, 15) is 14.0 Å². The second-order valence-electron chi connectivity index (χ2n) is 5.75. The molecule has 1 aromatic carbocycles. The molecule has 132 valence electrons. The maximum absolute atomic E-state index is 13.7. The van der Waals surface area contributed by atoms with Crippen molar-refractivity contribution >= 4 is 56.1 Å². The molecule has 6 nitrogen and oxygen atoms in total. The van der Waals surface area contributed by atoms with Gasteiger partial charge in [0.15, 0.2) is 5.17 Å². The van der Waals surface area contributed by atoms with Crippen molar-refractivity contribution < 1.29 is 14.0 Å². The number of nitrogens with one attached hydrogen (secondary N) is 2. The number of carbonyl (C=O) groups excluding carboxylic acids is 2. The fraction of sp³-hybridized carbons (Fsp3) is 0.375. The molecule has 9 heteroatoms. The Labute approximate surface area is 156 Å². The first kappa shape index (κ1) is 18.1. The number of halogens is 2. The Hall–Kier alpha value is -1.74. The van der Waals surface area contributed by atoms with Crippen LogP contribution in [-0.4, -0.2) is 27.9 Å². The predicted octanol–water partition coefficient (Wildman–Crippen LogP) is 3.43. The number of amidine groups is 1. The Morgan fingerprint density at radius 1 is 1.36 bits per heavy atom. The number of hydrogen-bond donors (Lipinski definition) is 2. The number of benzene rings is 1. The zero-order chi connectivity index (χ0) is 17.8. The van der Waals surface area contributed by atoms with Gasteiger partial charge in [-0.1, -0.05) is 27.7 Å². The van der Waals surface area contributed by atoms with Crippen molar-refractivity contribution in [2.24, 2.45) is 10.2 Å². The predicted molar refractivity (Wildman–Crippen MR) is 100 cm³/mol. The molecule has 2 amide bonds. The van der Waals surface area contributed by atoms with Crippen molar-refractivity contribution in [3.05, 3.63) is 28.5 Å². The van der Waals surface area contributed by atoms with Crippen LogP contribution in [0, 0.1) is 5.82 Å². The van der Waals surface area contributed by atoms with Gasteiger partial charge in [0.25, 0.3) is 0 Å². The third kappa shape index (κ3) is 4.88. The Kier molecular flexibility index (Phi) is 5.85. The maximum Gasteiger partial charge on any atom is 0.240 e. The number of amides is 2. The van der Waals surface area contributed by atoms with Crippen LogP contribution < -0.4 is 10.6 Å². The molecule has 1 heterocycles. The zero-order valence-electron chi connectivity index (χ0n) is 13.2. The van der Waals surface area contributed by atoms with E-state index in [2.05, 4.69) is 36.8 Å². The van der Waals surface area contributed by atoms with E-state index < -0.39 is 17.0 Å². The van der Waals surface area contributed by atoms with E-state index in [1.807, 2.05) is 0 Å². The van der Waals surface area contributed by atoms with E-state index in [0.717, 1.165) is 31.4 Å². The molecule has 0 spiro atoms. The summed E-state index contributed by atoms with van der Waals surface area (Å²) in [6.45, 7) is 0. The van der Waals surface area contributed by atoms with Crippen molar-refractivity contribution in [3.63, 3.8) is 0 Å². The summed E-state index contributed by atoms with van der Waals surface area (Å²) in [6.07, 6.45) is 4.07. The van der Waals surface area contributed by atoms with Crippen molar-refractivity contribution in [3.8, 4) is 0 Å². The summed E-state index contributed by atoms with van der Waals surface area (Å²) in [7, 11) is 0. The molecule has 2 N–H and O–H groups in total. The van der Waals surface area contributed by atoms with E-state index in [4.69, 9.17) is 0 Å². The van der Waals surface area contributed by atoms with Gasteiger partial charge in [-0.15, -0.1) is 5.10 Å². The standard InChI is InChI=1S/C16H16BrFN4O2S/c17-9-5-6-12(11(18)7-9)19-14(23)8-13-15(24)20-16(25-13)22-21-10-3-1-2-4-10/h5-7,13H,1-4,8H2,(H,19,23)(H,20,22,24)/t13-/m0/s1. The van der Waals surface area contributed by atoms with Crippen LogP contribution in [-0.2, 0) is 9.59 Å². The van der Waals surface area contributed by atoms with Gasteiger partial charge < -0.3 is 10.6 Å². The first-order chi connectivity index (χ1) is 12.0. The van der Waals surface area contributed by atoms with E-state index in [0.29, 0.717) is 9.64 Å². The highest BCUT2D eigenvalue weighted by atomic mass is 79.9. The summed E-state index contributed by atoms with van der Waals surface area (Å²) in [4.78, 5) is 24.0. The summed E-state index contributed by atoms with van der Waals surface area (Å²) in [5.74, 6) is -1.26. The smallest absolute Gasteiger partial charge is 0.240 e. The first-order valence-electron chi connectivity index (χ1n) is 7.87. The zero-order valence-corrected chi connectivity index (χ0v) is 15.6. The second-order valence-corrected chi connectivity index (χ2v) is 7.86. The molecule has 0 unspecified atom stereocenters. The average Bonchev–Trinajstić information content (AvgIpc) is 3.18. The van der Waals surface area contributed by atoms with Gasteiger partial charge in [0.1, 0.15) is 11.1 Å². The van der Waals surface area contributed by atoms with Crippen molar-refractivity contribution in [2.75, 3.05) is 5.32 Å². The Balaban J connectivity index is 1.57. The fourth-order valence-electron chi connectivity index (χ4n) is 2.55. The van der Waals surface area contributed by atoms with Crippen LogP contribution in [0.3, 0.4) is 0 Å². The summed E-state index contributed by atoms with van der Waals surface area (Å²) in [5, 5.41) is 13.1. The SMILES string of the molecule is O=C(C[C@@H]1S/C(=N/N=C2CCCC2)NC1=O)Nc1ccc(Br)cc1F. The molecule has 3 rings (SSSR count). The molecule has 1 aliphatic heterocycles. The number of hydrogen-bond acceptors (Lipinski definition) is 5. The van der Waals surface area contributed by atoms with Gasteiger partial charge in [-0.2, -0.15) is 5.10 Å². The van der Waals surface area contributed by atoms with Crippen molar-refractivity contribution in [1.82, 2.24) is 5.32 Å². The van der Waals surface area contributed by atoms with Crippen LogP contribution in [0.15, 0.2) is 32.9 Å². The van der Waals surface area contributed by atoms with Crippen LogP contribution in [0.2, 0.25) is 0 Å². The molecule has 1 aliphatic carbocycles. The molecule has 2 fully saturated rings. The Morgan fingerprint density at radius 3 is 2.84 bits per heavy atom. The van der Waals surface area contributed by atoms with Gasteiger partial charge in [0.05, 0.1) is 5.69 Å². The lowest BCUT2D eigenvalue weighted by Gasteiger charge is -2.08. The molecular formula is C16H16BrFN4O2S. The first-order valence-corrected chi connectivity index (χ1v) is 9.54. The molecule has 0 aromatic heterocycles. The van der Waals surface area contributed by atoms with Gasteiger partial charge in [0.2, 0.25) is 11.8 Å². The number of nitrogens with zero attached hydrogens (tertiary/aromatic N) is 2. The van der Waals surface area contributed by atoms with Gasteiger partial charge >= 0.3 is 0 Å². The fourth-order valence-corrected chi connectivity index (χ4v) is 3.80. The topological polar surface area (TPSA) is 82.9 Å². The number of carbonyl (C=O) groups is 2. The largest absolute Gasteiger partial charge is 0.324 e. The van der Waals surface area contributed by atoms with Crippen LogP contribution in [0.25, 0.3) is 0 Å². The minimum absolute atomic E-state index is 0.0679. The van der Waals surface area contributed by atoms with E-state index in [-0.39, 0.29) is 18.0 Å². The van der Waals surface area contributed by atoms with Gasteiger partial charge in [0, 0.05) is 16.6 Å². The highest BCUT2D eigenvalue weighted by Crippen LogP contribution is 2.25. The molecular weight excluding hydrogens is 411 g/mol. The highest BCUT2D eigenvalue weighted by molar-refractivity contribution is 9.10. The molecule has 1 saturated heterocycles. The van der Waals surface area contributed by atoms with Gasteiger partial charge in [-0.3, -0.25) is 9.59 Å². The van der Waals surface area contributed by atoms with Gasteiger partial charge in [-0.25, -0.2) is 4.39 Å². The Bertz CT molecular complexity index is 761. The van der Waals surface area contributed by atoms with Crippen LogP contribution in [0.1, 0.15) is 32.1 Å². The summed E-state index contributed by atoms with van der Waals surface area (Å²) >= 11 is 4.32. The lowest BCUT2D eigenvalue weighted by atomic mass is 10.2. The van der Waals surface area contributed by atoms with E-state index >= 15 is 0 Å². The van der Waals surface area contributed by atoms with E-state index in [1.165, 1.54) is 23.9 Å². The molecule has 1 saturated carbocycles. The molecule has 2 aliphatic rings. The number of thioether (sulfide) groups is 1. The summed E-state index contributed by atoms with van der Waals surface area (Å²) in [5.41, 5.74) is 1.12. The number of rotatable bonds is 4. The quantitative estimate of drug-likeness (QED) is 0.723. The molecule has 0 radical (unpaired) electrons. The number of anilines is 1. The maximum atomic E-state index is 13.7. The third-order valence-electron chi connectivity index (χ3n) is 3.82. The average molecular weight is 427 g/mol. The Morgan fingerprint density at radius 2 is 2.12 bits per heavy atom. The van der Waals surface area contributed by atoms with Crippen LogP contribution in [0.5, 0.6) is 0 Å². The van der Waals surface area contributed by atoms with Gasteiger partial charge in [-0.05, 0) is 43.9 Å². The highest BCUT2D eigenvalue weighted by Gasteiger charge is 2.32.